The van der Waals surface area contributed by atoms with Crippen LogP contribution in [0, 0.1) is 0 Å². The molecule has 1 aromatic carbocycles. The molecular formula is C17H22NO3+. The molecule has 1 aromatic heterocycles. The maximum absolute atomic E-state index is 12.1. The van der Waals surface area contributed by atoms with Crippen molar-refractivity contribution in [2.45, 2.75) is 32.3 Å². The minimum Gasteiger partial charge on any atom is -0.451 e. The van der Waals surface area contributed by atoms with Crippen molar-refractivity contribution in [3.8, 4) is 0 Å². The molecule has 0 radical (unpaired) electrons. The number of quaternary nitrogens is 1. The van der Waals surface area contributed by atoms with E-state index in [9.17, 15) is 4.79 Å². The number of carbonyl (C=O) groups excluding carboxylic acids is 1. The van der Waals surface area contributed by atoms with Gasteiger partial charge < -0.3 is 14.1 Å². The molecule has 0 saturated carbocycles. The van der Waals surface area contributed by atoms with Crippen molar-refractivity contribution in [1.82, 2.24) is 0 Å². The second-order valence-electron chi connectivity index (χ2n) is 5.88. The van der Waals surface area contributed by atoms with Gasteiger partial charge in [0.05, 0.1) is 13.1 Å². The normalized spacial score (nSPS) is 17.8. The molecule has 1 saturated heterocycles. The molecule has 2 heterocycles. The standard InChI is InChI=1S/C17H21NO3/c1-13(12-18-9-5-2-6-10-18)20-17(19)16-11-14-7-3-4-8-15(14)21-16/h3-4,7-8,11,13H,2,5-6,9-10,12H2,1H3/p+1/t13-/m1/s1. The highest BCUT2D eigenvalue weighted by Gasteiger charge is 2.21. The number of esters is 1. The molecule has 0 unspecified atom stereocenters. The smallest absolute Gasteiger partial charge is 0.374 e. The van der Waals surface area contributed by atoms with Crippen LogP contribution in [0.25, 0.3) is 11.0 Å². The number of fused-ring (bicyclic) bond motifs is 1. The van der Waals surface area contributed by atoms with E-state index in [0.717, 1.165) is 17.5 Å². The van der Waals surface area contributed by atoms with E-state index in [1.165, 1.54) is 37.3 Å². The molecule has 0 amide bonds. The maximum atomic E-state index is 12.1. The molecule has 1 atom stereocenters. The van der Waals surface area contributed by atoms with E-state index in [2.05, 4.69) is 0 Å². The fourth-order valence-corrected chi connectivity index (χ4v) is 3.03. The third-order valence-electron chi connectivity index (χ3n) is 4.07. The number of likely N-dealkylation sites (tertiary alicyclic amines) is 1. The Kier molecular flexibility index (Phi) is 4.25. The van der Waals surface area contributed by atoms with Crippen LogP contribution < -0.4 is 4.90 Å². The van der Waals surface area contributed by atoms with Crippen LogP contribution in [-0.2, 0) is 4.74 Å². The Bertz CT molecular complexity index is 580. The van der Waals surface area contributed by atoms with Gasteiger partial charge >= 0.3 is 5.97 Å². The van der Waals surface area contributed by atoms with E-state index < -0.39 is 0 Å². The van der Waals surface area contributed by atoms with E-state index in [1.54, 1.807) is 6.07 Å². The van der Waals surface area contributed by atoms with Gasteiger partial charge in [-0.1, -0.05) is 18.2 Å². The summed E-state index contributed by atoms with van der Waals surface area (Å²) in [6, 6.07) is 9.35. The topological polar surface area (TPSA) is 43.9 Å². The molecule has 2 aromatic rings. The van der Waals surface area contributed by atoms with Gasteiger partial charge in [0.15, 0.2) is 0 Å². The number of ether oxygens (including phenoxy) is 1. The maximum Gasteiger partial charge on any atom is 0.374 e. The number of hydrogen-bond donors (Lipinski definition) is 1. The van der Waals surface area contributed by atoms with Gasteiger partial charge in [0.2, 0.25) is 5.76 Å². The van der Waals surface area contributed by atoms with Gasteiger partial charge in [-0.05, 0) is 38.3 Å². The molecule has 0 bridgehead atoms. The molecule has 1 N–H and O–H groups in total. The van der Waals surface area contributed by atoms with Crippen molar-refractivity contribution in [3.05, 3.63) is 36.1 Å². The summed E-state index contributed by atoms with van der Waals surface area (Å²) >= 11 is 0. The number of furan rings is 1. The van der Waals surface area contributed by atoms with Crippen molar-refractivity contribution in [1.29, 1.82) is 0 Å². The third-order valence-corrected chi connectivity index (χ3v) is 4.07. The molecule has 0 spiro atoms. The second-order valence-corrected chi connectivity index (χ2v) is 5.88. The molecule has 1 aliphatic heterocycles. The highest BCUT2D eigenvalue weighted by atomic mass is 16.6. The lowest BCUT2D eigenvalue weighted by atomic mass is 10.1. The molecule has 1 fully saturated rings. The van der Waals surface area contributed by atoms with Crippen LogP contribution in [0.15, 0.2) is 34.7 Å². The van der Waals surface area contributed by atoms with Crippen LogP contribution >= 0.6 is 0 Å². The SMILES string of the molecule is C[C@H](C[NH+]1CCCCC1)OC(=O)c1cc2ccccc2o1. The molecular weight excluding hydrogens is 266 g/mol. The van der Waals surface area contributed by atoms with Gasteiger partial charge in [-0.3, -0.25) is 0 Å². The Morgan fingerprint density at radius 1 is 1.29 bits per heavy atom. The van der Waals surface area contributed by atoms with Crippen molar-refractivity contribution >= 4 is 16.9 Å². The van der Waals surface area contributed by atoms with Gasteiger partial charge in [0.1, 0.15) is 18.2 Å². The first-order valence-corrected chi connectivity index (χ1v) is 7.75. The minimum atomic E-state index is -0.366. The molecule has 0 aliphatic carbocycles. The number of rotatable bonds is 4. The largest absolute Gasteiger partial charge is 0.451 e. The summed E-state index contributed by atoms with van der Waals surface area (Å²) in [4.78, 5) is 13.7. The Balaban J connectivity index is 1.59. The number of nitrogens with one attached hydrogen (secondary N) is 1. The average molecular weight is 288 g/mol. The van der Waals surface area contributed by atoms with E-state index in [0.29, 0.717) is 0 Å². The Hall–Kier alpha value is -1.81. The van der Waals surface area contributed by atoms with Crippen LogP contribution in [0.1, 0.15) is 36.7 Å². The Morgan fingerprint density at radius 3 is 2.81 bits per heavy atom. The highest BCUT2D eigenvalue weighted by molar-refractivity contribution is 5.92. The predicted molar refractivity (Wildman–Crippen MR) is 80.5 cm³/mol. The lowest BCUT2D eigenvalue weighted by molar-refractivity contribution is -0.907. The first kappa shape index (κ1) is 14.1. The number of para-hydroxylation sites is 1. The van der Waals surface area contributed by atoms with E-state index >= 15 is 0 Å². The van der Waals surface area contributed by atoms with Crippen molar-refractivity contribution in [2.75, 3.05) is 19.6 Å². The summed E-state index contributed by atoms with van der Waals surface area (Å²) in [5, 5.41) is 0.929. The fraction of sp³-hybridized carbons (Fsp3) is 0.471. The van der Waals surface area contributed by atoms with Crippen molar-refractivity contribution in [3.63, 3.8) is 0 Å². The first-order valence-electron chi connectivity index (χ1n) is 7.75. The number of benzene rings is 1. The molecule has 3 rings (SSSR count). The average Bonchev–Trinajstić information content (AvgIpc) is 2.92. The van der Waals surface area contributed by atoms with Crippen LogP contribution in [0.3, 0.4) is 0 Å². The second kappa shape index (κ2) is 6.31. The molecule has 21 heavy (non-hydrogen) atoms. The molecule has 1 aliphatic rings. The van der Waals surface area contributed by atoms with Crippen LogP contribution in [-0.4, -0.2) is 31.7 Å². The zero-order valence-corrected chi connectivity index (χ0v) is 12.4. The van der Waals surface area contributed by atoms with Gasteiger partial charge in [0.25, 0.3) is 0 Å². The highest BCUT2D eigenvalue weighted by Crippen LogP contribution is 2.19. The van der Waals surface area contributed by atoms with Gasteiger partial charge in [0, 0.05) is 5.39 Å². The summed E-state index contributed by atoms with van der Waals surface area (Å²) in [6.45, 7) is 5.22. The zero-order chi connectivity index (χ0) is 14.7. The van der Waals surface area contributed by atoms with E-state index in [1.807, 2.05) is 31.2 Å². The van der Waals surface area contributed by atoms with Crippen molar-refractivity contribution in [2.24, 2.45) is 0 Å². The summed E-state index contributed by atoms with van der Waals surface area (Å²) in [5.41, 5.74) is 0.721. The summed E-state index contributed by atoms with van der Waals surface area (Å²) in [6.07, 6.45) is 3.80. The van der Waals surface area contributed by atoms with Gasteiger partial charge in [-0.15, -0.1) is 0 Å². The molecule has 4 nitrogen and oxygen atoms in total. The predicted octanol–water partition coefficient (Wildman–Crippen LogP) is 2.05. The lowest BCUT2D eigenvalue weighted by Gasteiger charge is -2.25. The van der Waals surface area contributed by atoms with Gasteiger partial charge in [-0.25, -0.2) is 4.79 Å². The van der Waals surface area contributed by atoms with E-state index in [4.69, 9.17) is 9.15 Å². The number of carbonyl (C=O) groups is 1. The van der Waals surface area contributed by atoms with Crippen molar-refractivity contribution < 1.29 is 18.8 Å². The number of piperidine rings is 1. The Morgan fingerprint density at radius 2 is 2.05 bits per heavy atom. The number of hydrogen-bond acceptors (Lipinski definition) is 3. The minimum absolute atomic E-state index is 0.0844. The molecule has 4 heteroatoms. The Labute approximate surface area is 124 Å². The monoisotopic (exact) mass is 288 g/mol. The fourth-order valence-electron chi connectivity index (χ4n) is 3.03. The summed E-state index contributed by atoms with van der Waals surface area (Å²) < 4.78 is 11.1. The quantitative estimate of drug-likeness (QED) is 0.876. The summed E-state index contributed by atoms with van der Waals surface area (Å²) in [5.74, 6) is -0.0770. The summed E-state index contributed by atoms with van der Waals surface area (Å²) in [7, 11) is 0. The molecule has 112 valence electrons. The first-order chi connectivity index (χ1) is 10.2. The lowest BCUT2D eigenvalue weighted by Crippen LogP contribution is -3.13. The zero-order valence-electron chi connectivity index (χ0n) is 12.4. The van der Waals surface area contributed by atoms with Crippen LogP contribution in [0.2, 0.25) is 0 Å². The third kappa shape index (κ3) is 3.45. The van der Waals surface area contributed by atoms with Gasteiger partial charge in [-0.2, -0.15) is 0 Å². The van der Waals surface area contributed by atoms with Crippen LogP contribution in [0.4, 0.5) is 0 Å². The van der Waals surface area contributed by atoms with E-state index in [-0.39, 0.29) is 17.8 Å². The van der Waals surface area contributed by atoms with Crippen LogP contribution in [0.5, 0.6) is 0 Å².